The second kappa shape index (κ2) is 6.35. The van der Waals surface area contributed by atoms with Crippen molar-refractivity contribution in [2.45, 2.75) is 46.6 Å². The zero-order valence-corrected chi connectivity index (χ0v) is 14.0. The van der Waals surface area contributed by atoms with E-state index in [0.717, 1.165) is 43.1 Å². The normalized spacial score (nSPS) is 18.9. The zero-order chi connectivity index (χ0) is 15.6. The second-order valence-electron chi connectivity index (χ2n) is 7.35. The summed E-state index contributed by atoms with van der Waals surface area (Å²) in [5.74, 6) is 0.643. The molecule has 2 rings (SSSR count). The third-order valence-corrected chi connectivity index (χ3v) is 4.97. The molecule has 1 fully saturated rings. The van der Waals surface area contributed by atoms with Gasteiger partial charge in [0.1, 0.15) is 5.82 Å². The van der Waals surface area contributed by atoms with Crippen LogP contribution in [0.25, 0.3) is 0 Å². The molecule has 0 spiro atoms. The SMILES string of the molecule is CNC(C)c1ccc(N2CCC(C(C)(C)C)CC2)c(F)c1. The Kier molecular flexibility index (Phi) is 4.92. The number of nitrogens with zero attached hydrogens (tertiary/aromatic N) is 1. The standard InChI is InChI=1S/C18H29FN2/c1-13(20-5)14-6-7-17(16(19)12-14)21-10-8-15(9-11-21)18(2,3)4/h6-7,12-13,15,20H,8-11H2,1-5H3. The molecular weight excluding hydrogens is 263 g/mol. The van der Waals surface area contributed by atoms with Crippen LogP contribution in [0.3, 0.4) is 0 Å². The molecule has 0 radical (unpaired) electrons. The highest BCUT2D eigenvalue weighted by molar-refractivity contribution is 5.50. The molecular formula is C18H29FN2. The highest BCUT2D eigenvalue weighted by Crippen LogP contribution is 2.36. The number of rotatable bonds is 3. The molecule has 1 aliphatic heterocycles. The van der Waals surface area contributed by atoms with Gasteiger partial charge in [-0.25, -0.2) is 4.39 Å². The predicted molar refractivity (Wildman–Crippen MR) is 88.3 cm³/mol. The Bertz CT molecular complexity index is 471. The summed E-state index contributed by atoms with van der Waals surface area (Å²) in [5, 5.41) is 3.15. The van der Waals surface area contributed by atoms with Crippen molar-refractivity contribution in [2.24, 2.45) is 11.3 Å². The number of hydrogen-bond acceptors (Lipinski definition) is 2. The van der Waals surface area contributed by atoms with Gasteiger partial charge in [-0.3, -0.25) is 0 Å². The van der Waals surface area contributed by atoms with Gasteiger partial charge in [-0.15, -0.1) is 0 Å². The molecule has 0 aliphatic carbocycles. The van der Waals surface area contributed by atoms with Gasteiger partial charge in [0.05, 0.1) is 5.69 Å². The van der Waals surface area contributed by atoms with Gasteiger partial charge in [-0.05, 0) is 55.8 Å². The summed E-state index contributed by atoms with van der Waals surface area (Å²) in [6, 6.07) is 5.83. The molecule has 1 aromatic carbocycles. The van der Waals surface area contributed by atoms with Crippen LogP contribution in [-0.4, -0.2) is 20.1 Å². The van der Waals surface area contributed by atoms with Gasteiger partial charge >= 0.3 is 0 Å². The van der Waals surface area contributed by atoms with Crippen molar-refractivity contribution in [2.75, 3.05) is 25.0 Å². The molecule has 2 nitrogen and oxygen atoms in total. The molecule has 3 heteroatoms. The van der Waals surface area contributed by atoms with Crippen molar-refractivity contribution in [3.05, 3.63) is 29.6 Å². The van der Waals surface area contributed by atoms with Crippen LogP contribution in [0.5, 0.6) is 0 Å². The number of benzene rings is 1. The molecule has 0 amide bonds. The Balaban J connectivity index is 2.07. The Labute approximate surface area is 128 Å². The molecule has 0 saturated carbocycles. The van der Waals surface area contributed by atoms with Crippen molar-refractivity contribution < 1.29 is 4.39 Å². The van der Waals surface area contributed by atoms with Crippen molar-refractivity contribution in [3.63, 3.8) is 0 Å². The monoisotopic (exact) mass is 292 g/mol. The topological polar surface area (TPSA) is 15.3 Å². The lowest BCUT2D eigenvalue weighted by Gasteiger charge is -2.39. The van der Waals surface area contributed by atoms with Crippen LogP contribution in [0.1, 0.15) is 52.1 Å². The summed E-state index contributed by atoms with van der Waals surface area (Å²) in [4.78, 5) is 2.20. The highest BCUT2D eigenvalue weighted by atomic mass is 19.1. The van der Waals surface area contributed by atoms with Gasteiger partial charge in [0, 0.05) is 19.1 Å². The molecule has 1 N–H and O–H groups in total. The van der Waals surface area contributed by atoms with Crippen molar-refractivity contribution >= 4 is 5.69 Å². The molecule has 0 bridgehead atoms. The number of piperidine rings is 1. The first-order valence-corrected chi connectivity index (χ1v) is 8.04. The van der Waals surface area contributed by atoms with Crippen LogP contribution in [0.4, 0.5) is 10.1 Å². The number of halogens is 1. The number of anilines is 1. The van der Waals surface area contributed by atoms with Gasteiger partial charge in [0.2, 0.25) is 0 Å². The van der Waals surface area contributed by atoms with Gasteiger partial charge in [0.25, 0.3) is 0 Å². The third kappa shape index (κ3) is 3.76. The molecule has 21 heavy (non-hydrogen) atoms. The molecule has 1 heterocycles. The number of hydrogen-bond donors (Lipinski definition) is 1. The van der Waals surface area contributed by atoms with Crippen LogP contribution >= 0.6 is 0 Å². The minimum atomic E-state index is -0.0937. The van der Waals surface area contributed by atoms with E-state index in [1.54, 1.807) is 6.07 Å². The van der Waals surface area contributed by atoms with Crippen LogP contribution in [0.15, 0.2) is 18.2 Å². The Morgan fingerprint density at radius 3 is 2.33 bits per heavy atom. The summed E-state index contributed by atoms with van der Waals surface area (Å²) >= 11 is 0. The Morgan fingerprint density at radius 2 is 1.86 bits per heavy atom. The van der Waals surface area contributed by atoms with E-state index in [1.165, 1.54) is 0 Å². The number of nitrogens with one attached hydrogen (secondary N) is 1. The zero-order valence-electron chi connectivity index (χ0n) is 14.0. The van der Waals surface area contributed by atoms with Gasteiger partial charge in [-0.1, -0.05) is 26.8 Å². The lowest BCUT2D eigenvalue weighted by atomic mass is 9.75. The maximum absolute atomic E-state index is 14.4. The smallest absolute Gasteiger partial charge is 0.146 e. The van der Waals surface area contributed by atoms with Gasteiger partial charge < -0.3 is 10.2 Å². The van der Waals surface area contributed by atoms with Crippen LogP contribution in [-0.2, 0) is 0 Å². The minimum absolute atomic E-state index is 0.0937. The third-order valence-electron chi connectivity index (χ3n) is 4.97. The fourth-order valence-corrected chi connectivity index (χ4v) is 3.20. The highest BCUT2D eigenvalue weighted by Gasteiger charge is 2.29. The van der Waals surface area contributed by atoms with E-state index in [4.69, 9.17) is 0 Å². The molecule has 1 aliphatic rings. The fraction of sp³-hybridized carbons (Fsp3) is 0.667. The summed E-state index contributed by atoms with van der Waals surface area (Å²) in [5.41, 5.74) is 2.12. The Morgan fingerprint density at radius 1 is 1.24 bits per heavy atom. The average molecular weight is 292 g/mol. The van der Waals surface area contributed by atoms with Crippen LogP contribution in [0.2, 0.25) is 0 Å². The van der Waals surface area contributed by atoms with E-state index in [9.17, 15) is 4.39 Å². The van der Waals surface area contributed by atoms with Crippen molar-refractivity contribution in [1.29, 1.82) is 0 Å². The van der Waals surface area contributed by atoms with E-state index in [2.05, 4.69) is 31.0 Å². The maximum Gasteiger partial charge on any atom is 0.146 e. The van der Waals surface area contributed by atoms with Crippen molar-refractivity contribution in [3.8, 4) is 0 Å². The lowest BCUT2D eigenvalue weighted by Crippen LogP contribution is -2.38. The summed E-state index contributed by atoms with van der Waals surface area (Å²) in [7, 11) is 1.90. The quantitative estimate of drug-likeness (QED) is 0.890. The van der Waals surface area contributed by atoms with Crippen molar-refractivity contribution in [1.82, 2.24) is 5.32 Å². The summed E-state index contributed by atoms with van der Waals surface area (Å²) in [6.45, 7) is 10.9. The second-order valence-corrected chi connectivity index (χ2v) is 7.35. The first-order valence-electron chi connectivity index (χ1n) is 8.04. The molecule has 1 aromatic rings. The molecule has 1 saturated heterocycles. The van der Waals surface area contributed by atoms with E-state index in [1.807, 2.05) is 26.1 Å². The Hall–Kier alpha value is -1.09. The van der Waals surface area contributed by atoms with Gasteiger partial charge in [0.15, 0.2) is 0 Å². The van der Waals surface area contributed by atoms with Crippen LogP contribution < -0.4 is 10.2 Å². The first kappa shape index (κ1) is 16.3. The fourth-order valence-electron chi connectivity index (χ4n) is 3.20. The summed E-state index contributed by atoms with van der Waals surface area (Å²) in [6.07, 6.45) is 2.30. The predicted octanol–water partition coefficient (Wildman–Crippen LogP) is 4.37. The van der Waals surface area contributed by atoms with Gasteiger partial charge in [-0.2, -0.15) is 0 Å². The van der Waals surface area contributed by atoms with Crippen LogP contribution in [0, 0.1) is 17.2 Å². The van der Waals surface area contributed by atoms with E-state index >= 15 is 0 Å². The molecule has 1 unspecified atom stereocenters. The summed E-state index contributed by atoms with van der Waals surface area (Å²) < 4.78 is 14.4. The average Bonchev–Trinajstić information content (AvgIpc) is 2.45. The molecule has 118 valence electrons. The minimum Gasteiger partial charge on any atom is -0.369 e. The lowest BCUT2D eigenvalue weighted by molar-refractivity contribution is 0.198. The largest absolute Gasteiger partial charge is 0.369 e. The molecule has 0 aromatic heterocycles. The van der Waals surface area contributed by atoms with E-state index in [-0.39, 0.29) is 11.9 Å². The first-order chi connectivity index (χ1) is 9.82. The molecule has 1 atom stereocenters. The van der Waals surface area contributed by atoms with E-state index in [0.29, 0.717) is 5.41 Å². The maximum atomic E-state index is 14.4. The van der Waals surface area contributed by atoms with E-state index < -0.39 is 0 Å².